The molecule has 9 nitrogen and oxygen atoms in total. The van der Waals surface area contributed by atoms with Gasteiger partial charge >= 0.3 is 5.97 Å². The lowest BCUT2D eigenvalue weighted by Gasteiger charge is -2.37. The molecule has 0 bridgehead atoms. The van der Waals surface area contributed by atoms with Crippen molar-refractivity contribution >= 4 is 17.4 Å². The number of Topliss-reactive ketones (excluding diaryl/α,β-unsaturated/α-hetero) is 1. The summed E-state index contributed by atoms with van der Waals surface area (Å²) in [5.41, 5.74) is 3.30. The third-order valence-electron chi connectivity index (χ3n) is 6.68. The Kier molecular flexibility index (Phi) is 7.33. The fourth-order valence-corrected chi connectivity index (χ4v) is 5.08. The number of nitro benzene ring substituents is 1. The standard InChI is InChI=1S/C28H30N2O7/c1-15(2)37-28(32)25-16(3)29-21-12-19(17-9-10-23(35-4)24(14-17)36-5)13-22(31)27(21)26(25)18-7-6-8-20(11-18)30(33)34/h6-11,14-15,19,26,29H,12-13H2,1-5H3. The van der Waals surface area contributed by atoms with Gasteiger partial charge in [-0.25, -0.2) is 4.79 Å². The van der Waals surface area contributed by atoms with E-state index in [0.29, 0.717) is 40.5 Å². The Morgan fingerprint density at radius 3 is 2.43 bits per heavy atom. The third-order valence-corrected chi connectivity index (χ3v) is 6.68. The maximum absolute atomic E-state index is 13.7. The fourth-order valence-electron chi connectivity index (χ4n) is 5.08. The summed E-state index contributed by atoms with van der Waals surface area (Å²) < 4.78 is 16.3. The highest BCUT2D eigenvalue weighted by Gasteiger charge is 2.42. The summed E-state index contributed by atoms with van der Waals surface area (Å²) in [4.78, 5) is 37.9. The van der Waals surface area contributed by atoms with Crippen LogP contribution in [0.4, 0.5) is 5.69 Å². The van der Waals surface area contributed by atoms with Gasteiger partial charge in [-0.1, -0.05) is 18.2 Å². The van der Waals surface area contributed by atoms with Crippen molar-refractivity contribution in [2.75, 3.05) is 14.2 Å². The van der Waals surface area contributed by atoms with Gasteiger partial charge in [0.05, 0.1) is 30.8 Å². The third kappa shape index (κ3) is 5.07. The average Bonchev–Trinajstić information content (AvgIpc) is 2.86. The van der Waals surface area contributed by atoms with Gasteiger partial charge in [0.15, 0.2) is 17.3 Å². The Morgan fingerprint density at radius 1 is 1.05 bits per heavy atom. The zero-order chi connectivity index (χ0) is 26.9. The summed E-state index contributed by atoms with van der Waals surface area (Å²) in [6.07, 6.45) is 0.365. The molecule has 2 atom stereocenters. The number of ketones is 1. The molecule has 0 aromatic heterocycles. The Morgan fingerprint density at radius 2 is 1.78 bits per heavy atom. The SMILES string of the molecule is COc1ccc(C2CC(=O)C3=C(C2)NC(C)=C(C(=O)OC(C)C)C3c2cccc([N+](=O)[O-])c2)cc1OC. The second-order valence-electron chi connectivity index (χ2n) is 9.44. The van der Waals surface area contributed by atoms with Gasteiger partial charge in [0, 0.05) is 41.4 Å². The van der Waals surface area contributed by atoms with E-state index in [1.54, 1.807) is 47.1 Å². The van der Waals surface area contributed by atoms with Crippen LogP contribution < -0.4 is 14.8 Å². The van der Waals surface area contributed by atoms with Crippen LogP contribution in [0.15, 0.2) is 65.0 Å². The summed E-state index contributed by atoms with van der Waals surface area (Å²) >= 11 is 0. The average molecular weight is 507 g/mol. The minimum absolute atomic E-state index is 0.112. The number of hydrogen-bond donors (Lipinski definition) is 1. The van der Waals surface area contributed by atoms with E-state index in [-0.39, 0.29) is 35.5 Å². The summed E-state index contributed by atoms with van der Waals surface area (Å²) in [7, 11) is 3.13. The van der Waals surface area contributed by atoms with Crippen molar-refractivity contribution in [1.82, 2.24) is 5.32 Å². The molecule has 1 aliphatic carbocycles. The van der Waals surface area contributed by atoms with Gasteiger partial charge < -0.3 is 19.5 Å². The number of carbonyl (C=O) groups excluding carboxylic acids is 2. The molecule has 1 heterocycles. The van der Waals surface area contributed by atoms with E-state index in [1.165, 1.54) is 12.1 Å². The maximum Gasteiger partial charge on any atom is 0.337 e. The first-order valence-electron chi connectivity index (χ1n) is 12.1. The van der Waals surface area contributed by atoms with E-state index in [1.807, 2.05) is 18.2 Å². The molecule has 194 valence electrons. The Bertz CT molecular complexity index is 1330. The number of nitro groups is 1. The minimum atomic E-state index is -0.777. The fraction of sp³-hybridized carbons (Fsp3) is 0.357. The molecule has 0 amide bonds. The monoisotopic (exact) mass is 506 g/mol. The van der Waals surface area contributed by atoms with E-state index >= 15 is 0 Å². The van der Waals surface area contributed by atoms with Crippen molar-refractivity contribution in [1.29, 1.82) is 0 Å². The van der Waals surface area contributed by atoms with Crippen molar-refractivity contribution in [2.45, 2.75) is 51.6 Å². The summed E-state index contributed by atoms with van der Waals surface area (Å²) in [6.45, 7) is 5.25. The van der Waals surface area contributed by atoms with Gasteiger partial charge in [-0.3, -0.25) is 14.9 Å². The number of nitrogens with zero attached hydrogens (tertiary/aromatic N) is 1. The molecule has 2 aromatic carbocycles. The number of nitrogens with one attached hydrogen (secondary N) is 1. The molecule has 1 N–H and O–H groups in total. The van der Waals surface area contributed by atoms with Crippen LogP contribution >= 0.6 is 0 Å². The number of carbonyl (C=O) groups is 2. The first kappa shape index (κ1) is 25.9. The van der Waals surface area contributed by atoms with Gasteiger partial charge in [-0.2, -0.15) is 0 Å². The molecule has 37 heavy (non-hydrogen) atoms. The second-order valence-corrected chi connectivity index (χ2v) is 9.44. The number of ether oxygens (including phenoxy) is 3. The number of esters is 1. The summed E-state index contributed by atoms with van der Waals surface area (Å²) in [5, 5.41) is 14.8. The number of non-ortho nitro benzene ring substituents is 1. The van der Waals surface area contributed by atoms with Crippen LogP contribution in [-0.2, 0) is 14.3 Å². The van der Waals surface area contributed by atoms with E-state index in [2.05, 4.69) is 5.32 Å². The first-order chi connectivity index (χ1) is 17.6. The van der Waals surface area contributed by atoms with Crippen molar-refractivity contribution in [3.63, 3.8) is 0 Å². The number of hydrogen-bond acceptors (Lipinski definition) is 8. The zero-order valence-electron chi connectivity index (χ0n) is 21.5. The molecular weight excluding hydrogens is 476 g/mol. The smallest absolute Gasteiger partial charge is 0.337 e. The van der Waals surface area contributed by atoms with E-state index in [4.69, 9.17) is 14.2 Å². The van der Waals surface area contributed by atoms with Crippen molar-refractivity contribution in [2.24, 2.45) is 0 Å². The van der Waals surface area contributed by atoms with Crippen LogP contribution in [0, 0.1) is 10.1 Å². The summed E-state index contributed by atoms with van der Waals surface area (Å²) in [5.74, 6) is -0.414. The molecule has 0 saturated heterocycles. The van der Waals surface area contributed by atoms with Crippen molar-refractivity contribution in [3.05, 3.63) is 86.2 Å². The largest absolute Gasteiger partial charge is 0.493 e. The predicted molar refractivity (Wildman–Crippen MR) is 136 cm³/mol. The number of dihydropyridines is 1. The Hall–Kier alpha value is -4.14. The van der Waals surface area contributed by atoms with E-state index in [9.17, 15) is 19.7 Å². The molecule has 2 aromatic rings. The number of benzene rings is 2. The maximum atomic E-state index is 13.7. The Balaban J connectivity index is 1.80. The first-order valence-corrected chi connectivity index (χ1v) is 12.1. The molecule has 0 spiro atoms. The molecule has 2 aliphatic rings. The number of allylic oxidation sites excluding steroid dienone is 3. The number of rotatable bonds is 7. The van der Waals surface area contributed by atoms with Gasteiger partial charge in [-0.05, 0) is 56.4 Å². The molecule has 0 fully saturated rings. The van der Waals surface area contributed by atoms with E-state index in [0.717, 1.165) is 5.56 Å². The lowest BCUT2D eigenvalue weighted by Crippen LogP contribution is -2.36. The van der Waals surface area contributed by atoms with Crippen LogP contribution in [0.1, 0.15) is 56.6 Å². The summed E-state index contributed by atoms with van der Waals surface area (Å²) in [6, 6.07) is 11.7. The van der Waals surface area contributed by atoms with Gasteiger partial charge in [0.1, 0.15) is 0 Å². The van der Waals surface area contributed by atoms with Crippen molar-refractivity contribution < 1.29 is 28.7 Å². The molecule has 0 saturated carbocycles. The molecule has 2 unspecified atom stereocenters. The highest BCUT2D eigenvalue weighted by Crippen LogP contribution is 2.47. The minimum Gasteiger partial charge on any atom is -0.493 e. The van der Waals surface area contributed by atoms with E-state index < -0.39 is 16.8 Å². The normalized spacial score (nSPS) is 19.4. The van der Waals surface area contributed by atoms with Crippen LogP contribution in [0.3, 0.4) is 0 Å². The highest BCUT2D eigenvalue weighted by atomic mass is 16.6. The molecule has 4 rings (SSSR count). The lowest BCUT2D eigenvalue weighted by molar-refractivity contribution is -0.384. The second kappa shape index (κ2) is 10.5. The topological polar surface area (TPSA) is 117 Å². The molecular formula is C28H30N2O7. The van der Waals surface area contributed by atoms with Gasteiger partial charge in [-0.15, -0.1) is 0 Å². The highest BCUT2D eigenvalue weighted by molar-refractivity contribution is 6.04. The van der Waals surface area contributed by atoms with Crippen LogP contribution in [0.2, 0.25) is 0 Å². The van der Waals surface area contributed by atoms with Gasteiger partial charge in [0.25, 0.3) is 5.69 Å². The predicted octanol–water partition coefficient (Wildman–Crippen LogP) is 4.93. The van der Waals surface area contributed by atoms with Gasteiger partial charge in [0.2, 0.25) is 0 Å². The van der Waals surface area contributed by atoms with Crippen LogP contribution in [-0.4, -0.2) is 37.0 Å². The van der Waals surface area contributed by atoms with Crippen LogP contribution in [0.25, 0.3) is 0 Å². The lowest BCUT2D eigenvalue weighted by atomic mass is 9.71. The zero-order valence-corrected chi connectivity index (χ0v) is 21.5. The molecule has 0 radical (unpaired) electrons. The molecule has 1 aliphatic heterocycles. The van der Waals surface area contributed by atoms with Crippen LogP contribution in [0.5, 0.6) is 11.5 Å². The number of methoxy groups -OCH3 is 2. The van der Waals surface area contributed by atoms with Crippen molar-refractivity contribution in [3.8, 4) is 11.5 Å². The quantitative estimate of drug-likeness (QED) is 0.319. The molecule has 9 heteroatoms. The Labute approximate surface area is 215 Å².